The van der Waals surface area contributed by atoms with Crippen LogP contribution in [0.3, 0.4) is 0 Å². The highest BCUT2D eigenvalue weighted by atomic mass is 16.2. The minimum absolute atomic E-state index is 0.0168. The molecule has 1 aliphatic heterocycles. The van der Waals surface area contributed by atoms with Crippen LogP contribution < -0.4 is 16.4 Å². The van der Waals surface area contributed by atoms with Gasteiger partial charge in [-0.3, -0.25) is 24.7 Å². The molecule has 136 valence electrons. The summed E-state index contributed by atoms with van der Waals surface area (Å²) in [5.41, 5.74) is 6.03. The summed E-state index contributed by atoms with van der Waals surface area (Å²) in [6.45, 7) is 5.27. The van der Waals surface area contributed by atoms with Gasteiger partial charge in [-0.2, -0.15) is 0 Å². The molecule has 1 aromatic carbocycles. The first kappa shape index (κ1) is 18.9. The zero-order valence-electron chi connectivity index (χ0n) is 14.4. The predicted octanol–water partition coefficient (Wildman–Crippen LogP) is -0.496. The van der Waals surface area contributed by atoms with Gasteiger partial charge in [0.2, 0.25) is 11.8 Å². The van der Waals surface area contributed by atoms with Crippen LogP contribution in [0.15, 0.2) is 30.3 Å². The molecule has 1 aliphatic rings. The van der Waals surface area contributed by atoms with Gasteiger partial charge in [-0.15, -0.1) is 0 Å². The lowest BCUT2D eigenvalue weighted by atomic mass is 10.2. The van der Waals surface area contributed by atoms with Crippen molar-refractivity contribution in [3.8, 4) is 0 Å². The number of nitrogens with one attached hydrogen (secondary N) is 2. The van der Waals surface area contributed by atoms with Gasteiger partial charge in [0.25, 0.3) is 0 Å². The average Bonchev–Trinajstić information content (AvgIpc) is 2.60. The van der Waals surface area contributed by atoms with E-state index in [2.05, 4.69) is 15.5 Å². The number of rotatable bonds is 6. The molecule has 0 aliphatic carbocycles. The Hall–Kier alpha value is -2.45. The lowest BCUT2D eigenvalue weighted by molar-refractivity contribution is -0.127. The summed E-state index contributed by atoms with van der Waals surface area (Å²) in [4.78, 5) is 38.6. The Balaban J connectivity index is 1.70. The number of imide groups is 1. The van der Waals surface area contributed by atoms with Gasteiger partial charge < -0.3 is 11.1 Å². The summed E-state index contributed by atoms with van der Waals surface area (Å²) in [5, 5.41) is 5.01. The minimum Gasteiger partial charge on any atom is -0.351 e. The van der Waals surface area contributed by atoms with Crippen molar-refractivity contribution >= 4 is 17.8 Å². The zero-order chi connectivity index (χ0) is 18.2. The van der Waals surface area contributed by atoms with Crippen LogP contribution in [0.4, 0.5) is 4.79 Å². The van der Waals surface area contributed by atoms with Gasteiger partial charge >= 0.3 is 6.03 Å². The second-order valence-corrected chi connectivity index (χ2v) is 6.10. The number of carbonyl (C=O) groups is 3. The molecular formula is C17H25N5O3. The van der Waals surface area contributed by atoms with Crippen molar-refractivity contribution in [2.24, 2.45) is 5.73 Å². The first-order valence-corrected chi connectivity index (χ1v) is 8.33. The first-order valence-electron chi connectivity index (χ1n) is 8.33. The number of nitrogens with two attached hydrogens (primary N) is 1. The van der Waals surface area contributed by atoms with Crippen molar-refractivity contribution in [1.29, 1.82) is 0 Å². The van der Waals surface area contributed by atoms with Crippen LogP contribution in [-0.2, 0) is 16.1 Å². The second kappa shape index (κ2) is 9.14. The molecule has 0 radical (unpaired) electrons. The quantitative estimate of drug-likeness (QED) is 0.643. The maximum Gasteiger partial charge on any atom is 0.318 e. The zero-order valence-corrected chi connectivity index (χ0v) is 14.4. The first-order chi connectivity index (χ1) is 12.0. The molecule has 0 aromatic heterocycles. The fourth-order valence-electron chi connectivity index (χ4n) is 2.76. The van der Waals surface area contributed by atoms with Crippen LogP contribution in [0.2, 0.25) is 0 Å². The Morgan fingerprint density at radius 1 is 1.12 bits per heavy atom. The van der Waals surface area contributed by atoms with Gasteiger partial charge in [-0.05, 0) is 12.5 Å². The Morgan fingerprint density at radius 2 is 1.76 bits per heavy atom. The van der Waals surface area contributed by atoms with E-state index in [1.54, 1.807) is 6.92 Å². The van der Waals surface area contributed by atoms with Crippen LogP contribution in [0.5, 0.6) is 0 Å². The summed E-state index contributed by atoms with van der Waals surface area (Å²) >= 11 is 0. The topological polar surface area (TPSA) is 108 Å². The van der Waals surface area contributed by atoms with E-state index >= 15 is 0 Å². The van der Waals surface area contributed by atoms with Crippen LogP contribution in [0.1, 0.15) is 12.5 Å². The van der Waals surface area contributed by atoms with E-state index in [1.807, 2.05) is 35.2 Å². The molecule has 1 aromatic rings. The minimum atomic E-state index is -0.842. The number of carbonyl (C=O) groups excluding carboxylic acids is 3. The van der Waals surface area contributed by atoms with E-state index in [0.717, 1.165) is 5.56 Å². The second-order valence-electron chi connectivity index (χ2n) is 6.10. The number of primary amides is 1. The highest BCUT2D eigenvalue weighted by Gasteiger charge is 2.26. The molecule has 4 N–H and O–H groups in total. The Bertz CT molecular complexity index is 600. The van der Waals surface area contributed by atoms with Crippen molar-refractivity contribution in [3.63, 3.8) is 0 Å². The Morgan fingerprint density at radius 3 is 2.36 bits per heavy atom. The number of urea groups is 1. The average molecular weight is 347 g/mol. The lowest BCUT2D eigenvalue weighted by Gasteiger charge is -2.36. The molecule has 8 heteroatoms. The molecule has 1 unspecified atom stereocenters. The third-order valence-electron chi connectivity index (χ3n) is 4.28. The van der Waals surface area contributed by atoms with Crippen LogP contribution in [0.25, 0.3) is 0 Å². The Labute approximate surface area is 147 Å². The summed E-state index contributed by atoms with van der Waals surface area (Å²) in [6, 6.07) is 8.49. The number of benzene rings is 1. The van der Waals surface area contributed by atoms with Crippen LogP contribution >= 0.6 is 0 Å². The van der Waals surface area contributed by atoms with Gasteiger partial charge in [0.1, 0.15) is 0 Å². The van der Waals surface area contributed by atoms with Gasteiger partial charge in [-0.25, -0.2) is 4.79 Å². The third-order valence-corrected chi connectivity index (χ3v) is 4.28. The van der Waals surface area contributed by atoms with Gasteiger partial charge in [-0.1, -0.05) is 30.3 Å². The van der Waals surface area contributed by atoms with E-state index in [0.29, 0.717) is 39.3 Å². The molecule has 1 atom stereocenters. The van der Waals surface area contributed by atoms with E-state index in [4.69, 9.17) is 5.73 Å². The van der Waals surface area contributed by atoms with Crippen molar-refractivity contribution in [2.75, 3.05) is 32.7 Å². The summed E-state index contributed by atoms with van der Waals surface area (Å²) in [6.07, 6.45) is 0. The molecule has 0 bridgehead atoms. The smallest absolute Gasteiger partial charge is 0.318 e. The van der Waals surface area contributed by atoms with Gasteiger partial charge in [0.15, 0.2) is 0 Å². The maximum atomic E-state index is 12.0. The summed E-state index contributed by atoms with van der Waals surface area (Å²) in [5.74, 6) is -0.418. The van der Waals surface area contributed by atoms with E-state index < -0.39 is 18.0 Å². The Kier molecular flexibility index (Phi) is 6.91. The van der Waals surface area contributed by atoms with E-state index in [9.17, 15) is 14.4 Å². The predicted molar refractivity (Wildman–Crippen MR) is 93.5 cm³/mol. The SMILES string of the molecule is CC(C(=O)NC(N)=O)N1CCN(CC(=O)NCc2ccccc2)CC1. The van der Waals surface area contributed by atoms with Crippen LogP contribution in [0, 0.1) is 0 Å². The molecule has 0 saturated carbocycles. The fourth-order valence-corrected chi connectivity index (χ4v) is 2.76. The normalized spacial score (nSPS) is 16.8. The maximum absolute atomic E-state index is 12.0. The monoisotopic (exact) mass is 347 g/mol. The number of piperazine rings is 1. The van der Waals surface area contributed by atoms with E-state index in [-0.39, 0.29) is 5.91 Å². The molecule has 1 heterocycles. The van der Waals surface area contributed by atoms with Gasteiger partial charge in [0.05, 0.1) is 12.6 Å². The molecule has 1 saturated heterocycles. The van der Waals surface area contributed by atoms with Crippen LogP contribution in [-0.4, -0.2) is 66.4 Å². The number of nitrogens with zero attached hydrogens (tertiary/aromatic N) is 2. The number of hydrogen-bond acceptors (Lipinski definition) is 5. The number of hydrogen-bond donors (Lipinski definition) is 3. The molecule has 1 fully saturated rings. The molecule has 8 nitrogen and oxygen atoms in total. The van der Waals surface area contributed by atoms with Gasteiger partial charge in [0, 0.05) is 32.7 Å². The molecular weight excluding hydrogens is 322 g/mol. The summed E-state index contributed by atoms with van der Waals surface area (Å²) < 4.78 is 0. The molecule has 25 heavy (non-hydrogen) atoms. The molecule has 0 spiro atoms. The fraction of sp³-hybridized carbons (Fsp3) is 0.471. The standard InChI is InChI=1S/C17H25N5O3/c1-13(16(24)20-17(18)25)22-9-7-21(8-10-22)12-15(23)19-11-14-5-3-2-4-6-14/h2-6,13H,7-12H2,1H3,(H,19,23)(H3,18,20,24,25). The molecule has 4 amide bonds. The highest BCUT2D eigenvalue weighted by molar-refractivity contribution is 5.96. The largest absolute Gasteiger partial charge is 0.351 e. The van der Waals surface area contributed by atoms with Crippen molar-refractivity contribution < 1.29 is 14.4 Å². The lowest BCUT2D eigenvalue weighted by Crippen LogP contribution is -2.56. The highest BCUT2D eigenvalue weighted by Crippen LogP contribution is 2.06. The van der Waals surface area contributed by atoms with Crippen molar-refractivity contribution in [3.05, 3.63) is 35.9 Å². The summed E-state index contributed by atoms with van der Waals surface area (Å²) in [7, 11) is 0. The third kappa shape index (κ3) is 6.17. The van der Waals surface area contributed by atoms with E-state index in [1.165, 1.54) is 0 Å². The molecule has 2 rings (SSSR count). The van der Waals surface area contributed by atoms with Crippen molar-refractivity contribution in [1.82, 2.24) is 20.4 Å². The van der Waals surface area contributed by atoms with Crippen molar-refractivity contribution in [2.45, 2.75) is 19.5 Å². The number of amides is 4.